The van der Waals surface area contributed by atoms with Crippen LogP contribution >= 0.6 is 11.6 Å². The molecule has 148 valence electrons. The molecule has 1 atom stereocenters. The van der Waals surface area contributed by atoms with E-state index >= 15 is 0 Å². The standard InChI is InChI=1S/C23H21ClN2O3/c1-15(27)25-22-20-14-18(24)8-10-21(20)26(23(22)28)11-4-12-29-19-9-7-16-5-2-3-6-17(16)13-19/h2-3,5-10,13-14,22H,4,11-12H2,1H3,(H,25,27)/t22-/m1/s1. The summed E-state index contributed by atoms with van der Waals surface area (Å²) in [5.74, 6) is 0.402. The van der Waals surface area contributed by atoms with E-state index in [9.17, 15) is 9.59 Å². The molecule has 0 spiro atoms. The molecule has 0 aromatic heterocycles. The Hall–Kier alpha value is -3.05. The number of carbonyl (C=O) groups is 2. The number of benzene rings is 3. The van der Waals surface area contributed by atoms with Crippen molar-refractivity contribution in [3.05, 3.63) is 71.2 Å². The number of anilines is 1. The third-order valence-corrected chi connectivity index (χ3v) is 5.20. The second-order valence-corrected chi connectivity index (χ2v) is 7.47. The van der Waals surface area contributed by atoms with Crippen LogP contribution in [0.2, 0.25) is 5.02 Å². The van der Waals surface area contributed by atoms with Crippen molar-refractivity contribution < 1.29 is 14.3 Å². The number of hydrogen-bond donors (Lipinski definition) is 1. The summed E-state index contributed by atoms with van der Waals surface area (Å²) >= 11 is 6.09. The van der Waals surface area contributed by atoms with Crippen LogP contribution in [0.15, 0.2) is 60.7 Å². The molecule has 29 heavy (non-hydrogen) atoms. The fourth-order valence-corrected chi connectivity index (χ4v) is 3.83. The minimum Gasteiger partial charge on any atom is -0.494 e. The molecule has 4 rings (SSSR count). The molecule has 1 heterocycles. The highest BCUT2D eigenvalue weighted by Crippen LogP contribution is 2.37. The van der Waals surface area contributed by atoms with Crippen molar-refractivity contribution in [2.45, 2.75) is 19.4 Å². The topological polar surface area (TPSA) is 58.6 Å². The van der Waals surface area contributed by atoms with Crippen LogP contribution in [0.5, 0.6) is 5.75 Å². The first-order valence-electron chi connectivity index (χ1n) is 9.52. The van der Waals surface area contributed by atoms with Crippen LogP contribution in [0.1, 0.15) is 24.9 Å². The van der Waals surface area contributed by atoms with Gasteiger partial charge in [-0.05, 0) is 47.5 Å². The maximum absolute atomic E-state index is 12.8. The monoisotopic (exact) mass is 408 g/mol. The second-order valence-electron chi connectivity index (χ2n) is 7.04. The van der Waals surface area contributed by atoms with Crippen molar-refractivity contribution in [1.82, 2.24) is 5.32 Å². The molecule has 2 amide bonds. The minimum absolute atomic E-state index is 0.150. The van der Waals surface area contributed by atoms with Gasteiger partial charge in [0.2, 0.25) is 5.91 Å². The second kappa shape index (κ2) is 8.13. The van der Waals surface area contributed by atoms with Crippen LogP contribution in [-0.4, -0.2) is 25.0 Å². The molecule has 0 radical (unpaired) electrons. The molecule has 3 aromatic rings. The van der Waals surface area contributed by atoms with Gasteiger partial charge >= 0.3 is 0 Å². The van der Waals surface area contributed by atoms with Gasteiger partial charge in [0.05, 0.1) is 6.61 Å². The summed E-state index contributed by atoms with van der Waals surface area (Å²) in [4.78, 5) is 26.1. The lowest BCUT2D eigenvalue weighted by Gasteiger charge is -2.18. The number of carbonyl (C=O) groups excluding carboxylic acids is 2. The predicted octanol–water partition coefficient (Wildman–Crippen LogP) is 4.49. The van der Waals surface area contributed by atoms with Gasteiger partial charge in [-0.15, -0.1) is 0 Å². The molecular formula is C23H21ClN2O3. The molecule has 1 aliphatic heterocycles. The molecule has 6 heteroatoms. The number of amides is 2. The summed E-state index contributed by atoms with van der Waals surface area (Å²) < 4.78 is 5.88. The quantitative estimate of drug-likeness (QED) is 0.611. The maximum Gasteiger partial charge on any atom is 0.254 e. The van der Waals surface area contributed by atoms with Gasteiger partial charge in [0.25, 0.3) is 5.91 Å². The Kier molecular flexibility index (Phi) is 5.41. The highest BCUT2D eigenvalue weighted by Gasteiger charge is 2.37. The van der Waals surface area contributed by atoms with Crippen molar-refractivity contribution in [3.63, 3.8) is 0 Å². The van der Waals surface area contributed by atoms with E-state index in [1.54, 1.807) is 17.0 Å². The van der Waals surface area contributed by atoms with Gasteiger partial charge in [-0.2, -0.15) is 0 Å². The zero-order valence-electron chi connectivity index (χ0n) is 16.0. The van der Waals surface area contributed by atoms with E-state index in [4.69, 9.17) is 16.3 Å². The number of hydrogen-bond acceptors (Lipinski definition) is 3. The molecular weight excluding hydrogens is 388 g/mol. The molecule has 1 N–H and O–H groups in total. The minimum atomic E-state index is -0.692. The molecule has 5 nitrogen and oxygen atoms in total. The summed E-state index contributed by atoms with van der Waals surface area (Å²) in [6, 6.07) is 18.7. The summed E-state index contributed by atoms with van der Waals surface area (Å²) in [6.07, 6.45) is 0.660. The van der Waals surface area contributed by atoms with Gasteiger partial charge in [-0.25, -0.2) is 0 Å². The number of fused-ring (bicyclic) bond motifs is 2. The Morgan fingerprint density at radius 3 is 2.69 bits per heavy atom. The fourth-order valence-electron chi connectivity index (χ4n) is 3.65. The Bertz CT molecular complexity index is 1080. The molecule has 0 saturated heterocycles. The lowest BCUT2D eigenvalue weighted by atomic mass is 10.1. The lowest BCUT2D eigenvalue weighted by Crippen LogP contribution is -2.37. The maximum atomic E-state index is 12.8. The number of halogens is 1. The van der Waals surface area contributed by atoms with Crippen LogP contribution in [0.25, 0.3) is 10.8 Å². The summed E-state index contributed by atoms with van der Waals surface area (Å²) in [7, 11) is 0. The van der Waals surface area contributed by atoms with E-state index in [0.29, 0.717) is 24.6 Å². The van der Waals surface area contributed by atoms with Crippen molar-refractivity contribution >= 4 is 39.9 Å². The third kappa shape index (κ3) is 4.05. The average molecular weight is 409 g/mol. The molecule has 0 bridgehead atoms. The van der Waals surface area contributed by atoms with Crippen LogP contribution in [0.3, 0.4) is 0 Å². The van der Waals surface area contributed by atoms with E-state index in [-0.39, 0.29) is 11.8 Å². The van der Waals surface area contributed by atoms with E-state index in [2.05, 4.69) is 17.4 Å². The average Bonchev–Trinajstić information content (AvgIpc) is 2.95. The van der Waals surface area contributed by atoms with E-state index in [1.807, 2.05) is 36.4 Å². The summed E-state index contributed by atoms with van der Waals surface area (Å²) in [6.45, 7) is 2.38. The van der Waals surface area contributed by atoms with E-state index in [1.165, 1.54) is 12.3 Å². The fraction of sp³-hybridized carbons (Fsp3) is 0.217. The largest absolute Gasteiger partial charge is 0.494 e. The summed E-state index contributed by atoms with van der Waals surface area (Å²) in [5.41, 5.74) is 1.51. The number of nitrogens with zero attached hydrogens (tertiary/aromatic N) is 1. The Balaban J connectivity index is 1.41. The van der Waals surface area contributed by atoms with Gasteiger partial charge in [0.1, 0.15) is 11.8 Å². The van der Waals surface area contributed by atoms with Gasteiger partial charge in [-0.3, -0.25) is 9.59 Å². The molecule has 3 aromatic carbocycles. The normalized spacial score (nSPS) is 15.4. The van der Waals surface area contributed by atoms with Crippen LogP contribution in [0, 0.1) is 0 Å². The van der Waals surface area contributed by atoms with E-state index < -0.39 is 6.04 Å². The first kappa shape index (κ1) is 19.3. The predicted molar refractivity (Wildman–Crippen MR) is 114 cm³/mol. The van der Waals surface area contributed by atoms with Crippen LogP contribution < -0.4 is 15.0 Å². The van der Waals surface area contributed by atoms with Crippen molar-refractivity contribution in [3.8, 4) is 5.75 Å². The highest BCUT2D eigenvalue weighted by molar-refractivity contribution is 6.31. The van der Waals surface area contributed by atoms with Crippen LogP contribution in [-0.2, 0) is 9.59 Å². The van der Waals surface area contributed by atoms with Crippen LogP contribution in [0.4, 0.5) is 5.69 Å². The van der Waals surface area contributed by atoms with Gasteiger partial charge < -0.3 is 15.0 Å². The Morgan fingerprint density at radius 2 is 1.90 bits per heavy atom. The number of rotatable bonds is 6. The van der Waals surface area contributed by atoms with Gasteiger partial charge in [-0.1, -0.05) is 41.9 Å². The molecule has 0 unspecified atom stereocenters. The summed E-state index contributed by atoms with van der Waals surface area (Å²) in [5, 5.41) is 5.55. The Labute approximate surface area is 174 Å². The van der Waals surface area contributed by atoms with Gasteiger partial charge in [0.15, 0.2) is 0 Å². The highest BCUT2D eigenvalue weighted by atomic mass is 35.5. The smallest absolute Gasteiger partial charge is 0.254 e. The van der Waals surface area contributed by atoms with Crippen molar-refractivity contribution in [2.24, 2.45) is 0 Å². The zero-order chi connectivity index (χ0) is 20.4. The number of nitrogens with one attached hydrogen (secondary N) is 1. The lowest BCUT2D eigenvalue weighted by molar-refractivity contribution is -0.126. The molecule has 0 saturated carbocycles. The van der Waals surface area contributed by atoms with Gasteiger partial charge in [0, 0.05) is 29.7 Å². The zero-order valence-corrected chi connectivity index (χ0v) is 16.8. The SMILES string of the molecule is CC(=O)N[C@H]1C(=O)N(CCCOc2ccc3ccccc3c2)c2ccc(Cl)cc21. The van der Waals surface area contributed by atoms with Crippen molar-refractivity contribution in [2.75, 3.05) is 18.1 Å². The molecule has 1 aliphatic rings. The van der Waals surface area contributed by atoms with Crippen molar-refractivity contribution in [1.29, 1.82) is 0 Å². The third-order valence-electron chi connectivity index (χ3n) is 4.97. The van der Waals surface area contributed by atoms with E-state index in [0.717, 1.165) is 22.4 Å². The first-order valence-corrected chi connectivity index (χ1v) is 9.90. The molecule has 0 aliphatic carbocycles. The Morgan fingerprint density at radius 1 is 1.10 bits per heavy atom. The number of ether oxygens (including phenoxy) is 1. The first-order chi connectivity index (χ1) is 14.0. The molecule has 0 fully saturated rings.